The van der Waals surface area contributed by atoms with Crippen LogP contribution in [-0.4, -0.2) is 39.9 Å². The van der Waals surface area contributed by atoms with Crippen molar-refractivity contribution in [3.8, 4) is 0 Å². The van der Waals surface area contributed by atoms with Crippen molar-refractivity contribution in [1.82, 2.24) is 14.7 Å². The summed E-state index contributed by atoms with van der Waals surface area (Å²) in [6, 6.07) is 5.12. The summed E-state index contributed by atoms with van der Waals surface area (Å²) in [4.78, 5) is 14.8. The van der Waals surface area contributed by atoms with Crippen LogP contribution in [0.1, 0.15) is 59.8 Å². The zero-order valence-corrected chi connectivity index (χ0v) is 16.5. The maximum absolute atomic E-state index is 13.8. The van der Waals surface area contributed by atoms with Gasteiger partial charge in [-0.3, -0.25) is 4.79 Å². The van der Waals surface area contributed by atoms with E-state index in [0.717, 1.165) is 28.7 Å². The molecule has 0 aliphatic carbocycles. The largest absolute Gasteiger partial charge is 0.410 e. The van der Waals surface area contributed by atoms with Crippen LogP contribution in [0.2, 0.25) is 0 Å². The number of likely N-dealkylation sites (tertiary alicyclic amines) is 1. The molecule has 1 aromatic carbocycles. The van der Waals surface area contributed by atoms with Crippen LogP contribution in [0.5, 0.6) is 0 Å². The van der Waals surface area contributed by atoms with Gasteiger partial charge in [0.1, 0.15) is 11.4 Å². The van der Waals surface area contributed by atoms with Gasteiger partial charge in [-0.25, -0.2) is 4.68 Å². The first-order valence-electron chi connectivity index (χ1n) is 10.0. The van der Waals surface area contributed by atoms with Gasteiger partial charge in [0, 0.05) is 19.5 Å². The number of hydrogen-bond acceptors (Lipinski definition) is 3. The number of hydrogen-bond donors (Lipinski definition) is 1. The van der Waals surface area contributed by atoms with Crippen LogP contribution in [0.3, 0.4) is 0 Å². The fraction of sp³-hybridized carbons (Fsp3) is 0.524. The molecule has 2 aliphatic heterocycles. The maximum atomic E-state index is 13.8. The van der Waals surface area contributed by atoms with E-state index in [2.05, 4.69) is 17.3 Å². The number of alkyl halides is 3. The fourth-order valence-corrected chi connectivity index (χ4v) is 4.12. The van der Waals surface area contributed by atoms with Crippen LogP contribution in [-0.2, 0) is 0 Å². The van der Waals surface area contributed by atoms with E-state index in [1.54, 1.807) is 4.90 Å². The Hall–Kier alpha value is -2.51. The number of nitrogens with one attached hydrogen (secondary N) is 1. The number of halogens is 3. The Bertz CT molecular complexity index is 882. The Morgan fingerprint density at radius 3 is 2.45 bits per heavy atom. The summed E-state index contributed by atoms with van der Waals surface area (Å²) in [5, 5.41) is 7.13. The maximum Gasteiger partial charge on any atom is 0.410 e. The van der Waals surface area contributed by atoms with Gasteiger partial charge in [-0.2, -0.15) is 18.3 Å². The Morgan fingerprint density at radius 1 is 1.17 bits per heavy atom. The summed E-state index contributed by atoms with van der Waals surface area (Å²) in [7, 11) is 0. The molecule has 2 aromatic rings. The SMILES string of the molecule is Cc1ccc(C2CC(C(F)(F)F)n3ncc(C(=O)N4CCC(C)CC4)c3N2)cc1. The van der Waals surface area contributed by atoms with Gasteiger partial charge in [0.2, 0.25) is 0 Å². The molecule has 1 N–H and O–H groups in total. The first kappa shape index (κ1) is 19.8. The summed E-state index contributed by atoms with van der Waals surface area (Å²) >= 11 is 0. The number of aryl methyl sites for hydroxylation is 1. The van der Waals surface area contributed by atoms with Crippen molar-refractivity contribution < 1.29 is 18.0 Å². The molecule has 3 heterocycles. The molecule has 2 atom stereocenters. The molecule has 1 saturated heterocycles. The van der Waals surface area contributed by atoms with Crippen LogP contribution in [0, 0.1) is 12.8 Å². The third-order valence-electron chi connectivity index (χ3n) is 6.02. The second-order valence-electron chi connectivity index (χ2n) is 8.23. The van der Waals surface area contributed by atoms with E-state index < -0.39 is 18.3 Å². The van der Waals surface area contributed by atoms with Crippen molar-refractivity contribution in [2.24, 2.45) is 5.92 Å². The molecule has 0 bridgehead atoms. The molecule has 5 nitrogen and oxygen atoms in total. The number of nitrogens with zero attached hydrogens (tertiary/aromatic N) is 3. The highest BCUT2D eigenvalue weighted by Gasteiger charge is 2.47. The Labute approximate surface area is 167 Å². The highest BCUT2D eigenvalue weighted by molar-refractivity contribution is 5.99. The smallest absolute Gasteiger partial charge is 0.363 e. The second-order valence-corrected chi connectivity index (χ2v) is 8.23. The molecule has 8 heteroatoms. The summed E-state index contributed by atoms with van der Waals surface area (Å²) in [6.45, 7) is 5.32. The quantitative estimate of drug-likeness (QED) is 0.785. The van der Waals surface area contributed by atoms with Gasteiger partial charge in [-0.1, -0.05) is 36.8 Å². The standard InChI is InChI=1S/C21H25F3N4O/c1-13-3-5-15(6-4-13)17-11-18(21(22,23)24)28-19(26-17)16(12-25-28)20(29)27-9-7-14(2)8-10-27/h3-6,12,14,17-18,26H,7-11H2,1-2H3. The van der Waals surface area contributed by atoms with E-state index in [1.165, 1.54) is 6.20 Å². The summed E-state index contributed by atoms with van der Waals surface area (Å²) in [5.74, 6) is 0.461. The third kappa shape index (κ3) is 3.84. The highest BCUT2D eigenvalue weighted by Crippen LogP contribution is 2.44. The minimum atomic E-state index is -4.45. The zero-order valence-electron chi connectivity index (χ0n) is 16.5. The molecule has 2 unspecified atom stereocenters. The van der Waals surface area contributed by atoms with Crippen molar-refractivity contribution >= 4 is 11.7 Å². The number of anilines is 1. The average Bonchev–Trinajstić information content (AvgIpc) is 3.11. The number of carbonyl (C=O) groups excluding carboxylic acids is 1. The fourth-order valence-electron chi connectivity index (χ4n) is 4.12. The Morgan fingerprint density at radius 2 is 1.83 bits per heavy atom. The number of amides is 1. The van der Waals surface area contributed by atoms with Crippen molar-refractivity contribution in [3.05, 3.63) is 47.2 Å². The number of benzene rings is 1. The number of piperidine rings is 1. The van der Waals surface area contributed by atoms with E-state index in [0.29, 0.717) is 19.0 Å². The number of aromatic nitrogens is 2. The van der Waals surface area contributed by atoms with Gasteiger partial charge in [-0.05, 0) is 31.2 Å². The third-order valence-corrected chi connectivity index (χ3v) is 6.02. The lowest BCUT2D eigenvalue weighted by Gasteiger charge is -2.35. The van der Waals surface area contributed by atoms with Crippen LogP contribution < -0.4 is 5.32 Å². The molecule has 156 valence electrons. The molecular weight excluding hydrogens is 381 g/mol. The minimum Gasteiger partial charge on any atom is -0.363 e. The van der Waals surface area contributed by atoms with Crippen molar-refractivity contribution in [3.63, 3.8) is 0 Å². The average molecular weight is 406 g/mol. The van der Waals surface area contributed by atoms with Crippen LogP contribution in [0.25, 0.3) is 0 Å². The monoisotopic (exact) mass is 406 g/mol. The van der Waals surface area contributed by atoms with E-state index in [9.17, 15) is 18.0 Å². The lowest BCUT2D eigenvalue weighted by molar-refractivity contribution is -0.173. The molecule has 4 rings (SSSR count). The molecule has 2 aliphatic rings. The Balaban J connectivity index is 1.68. The van der Waals surface area contributed by atoms with Gasteiger partial charge in [0.05, 0.1) is 12.2 Å². The van der Waals surface area contributed by atoms with Crippen molar-refractivity contribution in [2.75, 3.05) is 18.4 Å². The van der Waals surface area contributed by atoms with Gasteiger partial charge < -0.3 is 10.2 Å². The predicted octanol–water partition coefficient (Wildman–Crippen LogP) is 4.72. The lowest BCUT2D eigenvalue weighted by atomic mass is 9.95. The van der Waals surface area contributed by atoms with Gasteiger partial charge in [0.15, 0.2) is 6.04 Å². The first-order chi connectivity index (χ1) is 13.7. The Kier molecular flexibility index (Phi) is 5.04. The van der Waals surface area contributed by atoms with Crippen molar-refractivity contribution in [1.29, 1.82) is 0 Å². The topological polar surface area (TPSA) is 50.2 Å². The highest BCUT2D eigenvalue weighted by atomic mass is 19.4. The number of fused-ring (bicyclic) bond motifs is 1. The second kappa shape index (κ2) is 7.39. The molecule has 1 amide bonds. The number of rotatable bonds is 2. The van der Waals surface area contributed by atoms with E-state index in [-0.39, 0.29) is 23.7 Å². The van der Waals surface area contributed by atoms with Crippen LogP contribution in [0.15, 0.2) is 30.5 Å². The van der Waals surface area contributed by atoms with Crippen LogP contribution in [0.4, 0.5) is 19.0 Å². The van der Waals surface area contributed by atoms with Gasteiger partial charge in [0.25, 0.3) is 5.91 Å². The van der Waals surface area contributed by atoms with Crippen molar-refractivity contribution in [2.45, 2.75) is 51.4 Å². The zero-order chi connectivity index (χ0) is 20.8. The van der Waals surface area contributed by atoms with E-state index >= 15 is 0 Å². The molecule has 29 heavy (non-hydrogen) atoms. The van der Waals surface area contributed by atoms with Gasteiger partial charge in [-0.15, -0.1) is 0 Å². The van der Waals surface area contributed by atoms with E-state index in [4.69, 9.17) is 0 Å². The molecule has 1 fully saturated rings. The minimum absolute atomic E-state index is 0.160. The summed E-state index contributed by atoms with van der Waals surface area (Å²) in [6.07, 6.45) is -1.54. The van der Waals surface area contributed by atoms with Gasteiger partial charge >= 0.3 is 6.18 Å². The van der Waals surface area contributed by atoms with E-state index in [1.807, 2.05) is 31.2 Å². The first-order valence-corrected chi connectivity index (χ1v) is 10.0. The lowest BCUT2D eigenvalue weighted by Crippen LogP contribution is -2.39. The summed E-state index contributed by atoms with van der Waals surface area (Å²) < 4.78 is 42.3. The number of carbonyl (C=O) groups is 1. The molecule has 1 aromatic heterocycles. The molecular formula is C21H25F3N4O. The molecule has 0 saturated carbocycles. The summed E-state index contributed by atoms with van der Waals surface area (Å²) in [5.41, 5.74) is 2.02. The molecule has 0 spiro atoms. The molecule has 0 radical (unpaired) electrons. The van der Waals surface area contributed by atoms with Crippen LogP contribution >= 0.6 is 0 Å². The predicted molar refractivity (Wildman–Crippen MR) is 104 cm³/mol. The normalized spacial score (nSPS) is 22.9.